The van der Waals surface area contributed by atoms with E-state index in [2.05, 4.69) is 4.72 Å². The Morgan fingerprint density at radius 2 is 1.96 bits per heavy atom. The molecule has 1 aromatic heterocycles. The summed E-state index contributed by atoms with van der Waals surface area (Å²) in [6, 6.07) is 6.51. The molecule has 138 valence electrons. The van der Waals surface area contributed by atoms with E-state index in [0.717, 1.165) is 11.3 Å². The fraction of sp³-hybridized carbons (Fsp3) is 0.444. The highest BCUT2D eigenvalue weighted by Gasteiger charge is 2.18. The van der Waals surface area contributed by atoms with Crippen LogP contribution < -0.4 is 9.46 Å². The fourth-order valence-electron chi connectivity index (χ4n) is 2.66. The Hall–Kier alpha value is -1.83. The lowest BCUT2D eigenvalue weighted by atomic mass is 10.1. The summed E-state index contributed by atoms with van der Waals surface area (Å²) < 4.78 is 38.1. The van der Waals surface area contributed by atoms with Crippen molar-refractivity contribution in [1.82, 2.24) is 4.72 Å². The molecule has 1 aromatic carbocycles. The number of sulfonamides is 1. The number of hydrogen-bond donors (Lipinski definition) is 2. The third kappa shape index (κ3) is 4.84. The molecule has 0 saturated heterocycles. The quantitative estimate of drug-likeness (QED) is 0.749. The van der Waals surface area contributed by atoms with Gasteiger partial charge in [0.05, 0.1) is 17.6 Å². The normalized spacial score (nSPS) is 13.0. The Kier molecular flexibility index (Phi) is 6.26. The van der Waals surface area contributed by atoms with Crippen molar-refractivity contribution in [2.75, 3.05) is 13.2 Å². The molecule has 25 heavy (non-hydrogen) atoms. The fourth-order valence-corrected chi connectivity index (χ4v) is 3.79. The molecular weight excluding hydrogens is 342 g/mol. The van der Waals surface area contributed by atoms with Gasteiger partial charge in [0.25, 0.3) is 0 Å². The van der Waals surface area contributed by atoms with Gasteiger partial charge in [0.1, 0.15) is 17.3 Å². The average molecular weight is 367 g/mol. The van der Waals surface area contributed by atoms with Gasteiger partial charge >= 0.3 is 0 Å². The van der Waals surface area contributed by atoms with Crippen molar-refractivity contribution in [2.45, 2.75) is 45.1 Å². The summed E-state index contributed by atoms with van der Waals surface area (Å²) in [6.45, 7) is 7.91. The Labute approximate surface area is 148 Å². The Bertz CT molecular complexity index is 826. The molecular formula is C18H25NO5S. The molecule has 1 unspecified atom stereocenters. The molecule has 0 fully saturated rings. The first-order valence-corrected chi connectivity index (χ1v) is 9.71. The van der Waals surface area contributed by atoms with Crippen molar-refractivity contribution in [3.8, 4) is 5.75 Å². The largest absolute Gasteiger partial charge is 0.494 e. The van der Waals surface area contributed by atoms with Crippen molar-refractivity contribution in [1.29, 1.82) is 0 Å². The first kappa shape index (κ1) is 19.5. The molecule has 0 aliphatic carbocycles. The number of aryl methyl sites for hydroxylation is 3. The molecule has 0 bridgehead atoms. The van der Waals surface area contributed by atoms with Crippen LogP contribution in [-0.2, 0) is 10.0 Å². The second-order valence-electron chi connectivity index (χ2n) is 5.93. The molecule has 0 radical (unpaired) electrons. The summed E-state index contributed by atoms with van der Waals surface area (Å²) in [6.07, 6.45) is -0.517. The summed E-state index contributed by atoms with van der Waals surface area (Å²) in [5.41, 5.74) is 1.45. The predicted octanol–water partition coefficient (Wildman–Crippen LogP) is 3.01. The van der Waals surface area contributed by atoms with Gasteiger partial charge in [-0.25, -0.2) is 13.1 Å². The number of hydrogen-bond acceptors (Lipinski definition) is 5. The van der Waals surface area contributed by atoms with Crippen molar-refractivity contribution >= 4 is 10.0 Å². The second kappa shape index (κ2) is 8.03. The topological polar surface area (TPSA) is 88.8 Å². The van der Waals surface area contributed by atoms with Crippen LogP contribution in [0.3, 0.4) is 0 Å². The molecule has 0 aliphatic heterocycles. The molecule has 6 nitrogen and oxygen atoms in total. The molecule has 2 N–H and O–H groups in total. The highest BCUT2D eigenvalue weighted by molar-refractivity contribution is 7.89. The van der Waals surface area contributed by atoms with Gasteiger partial charge in [-0.3, -0.25) is 0 Å². The molecule has 0 spiro atoms. The van der Waals surface area contributed by atoms with Gasteiger partial charge in [0.15, 0.2) is 0 Å². The highest BCUT2D eigenvalue weighted by atomic mass is 32.2. The van der Waals surface area contributed by atoms with Crippen molar-refractivity contribution in [3.63, 3.8) is 0 Å². The maximum Gasteiger partial charge on any atom is 0.240 e. The molecule has 0 aliphatic rings. The predicted molar refractivity (Wildman–Crippen MR) is 95.3 cm³/mol. The van der Waals surface area contributed by atoms with Crippen molar-refractivity contribution < 1.29 is 22.7 Å². The minimum atomic E-state index is -3.64. The number of furan rings is 1. The van der Waals surface area contributed by atoms with Gasteiger partial charge in [0.2, 0.25) is 10.0 Å². The number of benzene rings is 1. The van der Waals surface area contributed by atoms with E-state index in [0.29, 0.717) is 23.7 Å². The molecule has 7 heteroatoms. The SMILES string of the molecule is CCOc1ccc(S(=O)(=O)NCCC(O)c2cc(C)oc2C)cc1C. The monoisotopic (exact) mass is 367 g/mol. The van der Waals surface area contributed by atoms with E-state index >= 15 is 0 Å². The summed E-state index contributed by atoms with van der Waals surface area (Å²) in [7, 11) is -3.64. The Morgan fingerprint density at radius 1 is 1.24 bits per heavy atom. The van der Waals surface area contributed by atoms with E-state index < -0.39 is 16.1 Å². The van der Waals surface area contributed by atoms with E-state index in [-0.39, 0.29) is 17.9 Å². The molecule has 1 atom stereocenters. The van der Waals surface area contributed by atoms with Crippen LogP contribution >= 0.6 is 0 Å². The van der Waals surface area contributed by atoms with E-state index in [1.165, 1.54) is 6.07 Å². The zero-order chi connectivity index (χ0) is 18.6. The summed E-state index contributed by atoms with van der Waals surface area (Å²) in [5.74, 6) is 2.04. The van der Waals surface area contributed by atoms with Gasteiger partial charge in [-0.15, -0.1) is 0 Å². The second-order valence-corrected chi connectivity index (χ2v) is 7.70. The molecule has 0 saturated carbocycles. The van der Waals surface area contributed by atoms with E-state index in [9.17, 15) is 13.5 Å². The maximum atomic E-state index is 12.4. The van der Waals surface area contributed by atoms with Crippen LogP contribution in [0.25, 0.3) is 0 Å². The third-order valence-electron chi connectivity index (χ3n) is 3.90. The van der Waals surface area contributed by atoms with Crippen LogP contribution in [0.15, 0.2) is 33.6 Å². The summed E-state index contributed by atoms with van der Waals surface area (Å²) >= 11 is 0. The van der Waals surface area contributed by atoms with E-state index in [4.69, 9.17) is 9.15 Å². The van der Waals surface area contributed by atoms with Crippen LogP contribution in [0.1, 0.15) is 42.1 Å². The number of aliphatic hydroxyl groups is 1. The smallest absolute Gasteiger partial charge is 0.240 e. The number of aliphatic hydroxyl groups excluding tert-OH is 1. The van der Waals surface area contributed by atoms with Gasteiger partial charge in [-0.1, -0.05) is 0 Å². The molecule has 1 heterocycles. The zero-order valence-electron chi connectivity index (χ0n) is 15.0. The summed E-state index contributed by atoms with van der Waals surface area (Å²) in [5, 5.41) is 10.2. The van der Waals surface area contributed by atoms with Gasteiger partial charge < -0.3 is 14.3 Å². The van der Waals surface area contributed by atoms with Crippen molar-refractivity contribution in [2.24, 2.45) is 0 Å². The Balaban J connectivity index is 1.99. The Morgan fingerprint density at radius 3 is 2.52 bits per heavy atom. The zero-order valence-corrected chi connectivity index (χ0v) is 15.8. The van der Waals surface area contributed by atoms with Crippen molar-refractivity contribution in [3.05, 3.63) is 46.9 Å². The molecule has 2 aromatic rings. The van der Waals surface area contributed by atoms with Gasteiger partial charge in [-0.2, -0.15) is 0 Å². The molecule has 0 amide bonds. The summed E-state index contributed by atoms with van der Waals surface area (Å²) in [4.78, 5) is 0.179. The lowest BCUT2D eigenvalue weighted by Gasteiger charge is -2.12. The van der Waals surface area contributed by atoms with Crippen LogP contribution in [0.5, 0.6) is 5.75 Å². The third-order valence-corrected chi connectivity index (χ3v) is 5.36. The first-order chi connectivity index (χ1) is 11.7. The van der Waals surface area contributed by atoms with E-state index in [1.807, 2.05) is 6.92 Å². The number of ether oxygens (including phenoxy) is 1. The minimum Gasteiger partial charge on any atom is -0.494 e. The van der Waals surface area contributed by atoms with Gasteiger partial charge in [-0.05, 0) is 63.9 Å². The van der Waals surface area contributed by atoms with Crippen LogP contribution in [-0.4, -0.2) is 26.7 Å². The number of rotatable bonds is 8. The maximum absolute atomic E-state index is 12.4. The van der Waals surface area contributed by atoms with Crippen LogP contribution in [0.2, 0.25) is 0 Å². The standard InChI is InChI=1S/C18H25NO5S/c1-5-23-18-7-6-15(10-12(18)2)25(21,22)19-9-8-17(20)16-11-13(3)24-14(16)4/h6-7,10-11,17,19-20H,5,8-9H2,1-4H3. The minimum absolute atomic E-state index is 0.124. The lowest BCUT2D eigenvalue weighted by molar-refractivity contribution is 0.167. The first-order valence-electron chi connectivity index (χ1n) is 8.22. The van der Waals surface area contributed by atoms with E-state index in [1.54, 1.807) is 39.0 Å². The lowest BCUT2D eigenvalue weighted by Crippen LogP contribution is -2.26. The van der Waals surface area contributed by atoms with Crippen LogP contribution in [0, 0.1) is 20.8 Å². The average Bonchev–Trinajstić information content (AvgIpc) is 2.87. The molecule has 2 rings (SSSR count). The van der Waals surface area contributed by atoms with Gasteiger partial charge in [0, 0.05) is 12.1 Å². The number of nitrogens with one attached hydrogen (secondary N) is 1. The highest BCUT2D eigenvalue weighted by Crippen LogP contribution is 2.24. The van der Waals surface area contributed by atoms with Crippen LogP contribution in [0.4, 0.5) is 0 Å².